The number of halogens is 1. The van der Waals surface area contributed by atoms with Crippen molar-refractivity contribution in [2.24, 2.45) is 0 Å². The molecule has 1 heterocycles. The normalized spacial score (nSPS) is 12.6. The fourth-order valence-corrected chi connectivity index (χ4v) is 3.31. The van der Waals surface area contributed by atoms with Crippen LogP contribution >= 0.6 is 11.3 Å². The summed E-state index contributed by atoms with van der Waals surface area (Å²) in [7, 11) is 3.67. The van der Waals surface area contributed by atoms with Crippen molar-refractivity contribution in [3.8, 4) is 0 Å². The highest BCUT2D eigenvalue weighted by Gasteiger charge is 2.22. The van der Waals surface area contributed by atoms with Crippen molar-refractivity contribution >= 4 is 17.2 Å². The maximum Gasteiger partial charge on any atom is 0.241 e. The van der Waals surface area contributed by atoms with E-state index in [1.165, 1.54) is 12.1 Å². The topological polar surface area (TPSA) is 45.2 Å². The van der Waals surface area contributed by atoms with Gasteiger partial charge >= 0.3 is 0 Å². The van der Waals surface area contributed by atoms with Gasteiger partial charge in [-0.1, -0.05) is 26.0 Å². The Morgan fingerprint density at radius 1 is 1.29 bits per heavy atom. The summed E-state index contributed by atoms with van der Waals surface area (Å²) in [5.41, 5.74) is 1.78. The Hall–Kier alpha value is -1.79. The number of hydrogen-bond donors (Lipinski definition) is 1. The number of nitrogens with one attached hydrogen (secondary N) is 1. The summed E-state index contributed by atoms with van der Waals surface area (Å²) in [5.74, 6) is 0.0296. The van der Waals surface area contributed by atoms with Crippen LogP contribution < -0.4 is 5.32 Å². The zero-order valence-electron chi connectivity index (χ0n) is 14.5. The van der Waals surface area contributed by atoms with E-state index in [0.717, 1.165) is 16.3 Å². The van der Waals surface area contributed by atoms with Crippen LogP contribution in [0.4, 0.5) is 4.39 Å². The Morgan fingerprint density at radius 3 is 2.50 bits per heavy atom. The molecule has 0 bridgehead atoms. The minimum atomic E-state index is -0.438. The Balaban J connectivity index is 1.94. The molecule has 0 fully saturated rings. The van der Waals surface area contributed by atoms with Crippen molar-refractivity contribution in [3.05, 3.63) is 51.7 Å². The van der Waals surface area contributed by atoms with Gasteiger partial charge in [-0.05, 0) is 31.8 Å². The third kappa shape index (κ3) is 4.85. The molecule has 0 saturated carbocycles. The molecule has 0 radical (unpaired) electrons. The predicted octanol–water partition coefficient (Wildman–Crippen LogP) is 3.37. The maximum absolute atomic E-state index is 13.1. The number of aromatic nitrogens is 1. The number of carbonyl (C=O) groups is 1. The molecule has 4 nitrogen and oxygen atoms in total. The Kier molecular flexibility index (Phi) is 6.45. The van der Waals surface area contributed by atoms with Crippen LogP contribution in [0.5, 0.6) is 0 Å². The second-order valence-electron chi connectivity index (χ2n) is 6.29. The van der Waals surface area contributed by atoms with Crippen LogP contribution in [0.15, 0.2) is 29.6 Å². The lowest BCUT2D eigenvalue weighted by Crippen LogP contribution is -2.37. The van der Waals surface area contributed by atoms with E-state index in [9.17, 15) is 9.18 Å². The maximum atomic E-state index is 13.1. The lowest BCUT2D eigenvalue weighted by atomic mass is 10.1. The van der Waals surface area contributed by atoms with E-state index in [1.807, 2.05) is 24.4 Å². The second kappa shape index (κ2) is 8.35. The largest absolute Gasteiger partial charge is 0.354 e. The summed E-state index contributed by atoms with van der Waals surface area (Å²) in [6, 6.07) is 5.61. The summed E-state index contributed by atoms with van der Waals surface area (Å²) >= 11 is 1.66. The molecule has 0 saturated heterocycles. The number of nitrogens with zero attached hydrogens (tertiary/aromatic N) is 2. The lowest BCUT2D eigenvalue weighted by molar-refractivity contribution is -0.125. The van der Waals surface area contributed by atoms with Crippen LogP contribution in [0.2, 0.25) is 0 Å². The van der Waals surface area contributed by atoms with Crippen molar-refractivity contribution in [1.29, 1.82) is 0 Å². The molecule has 0 aliphatic heterocycles. The highest BCUT2D eigenvalue weighted by Crippen LogP contribution is 2.20. The number of likely N-dealkylation sites (N-methyl/N-ethyl adjacent to an activating group) is 1. The standard InChI is InChI=1S/C18H24FN3OS/c1-12(2)18-21-15(11-24-18)9-10-20-17(23)16(22(3)4)13-5-7-14(19)8-6-13/h5-8,11-12,16H,9-10H2,1-4H3,(H,20,23). The van der Waals surface area contributed by atoms with Crippen LogP contribution in [-0.4, -0.2) is 36.4 Å². The Bertz CT molecular complexity index is 667. The summed E-state index contributed by atoms with van der Waals surface area (Å²) in [5, 5.41) is 6.12. The minimum absolute atomic E-state index is 0.0917. The second-order valence-corrected chi connectivity index (χ2v) is 7.18. The molecule has 130 valence electrons. The van der Waals surface area contributed by atoms with Gasteiger partial charge in [0.2, 0.25) is 5.91 Å². The number of rotatable bonds is 7. The van der Waals surface area contributed by atoms with Crippen LogP contribution in [0.1, 0.15) is 42.1 Å². The molecular formula is C18H24FN3OS. The third-order valence-electron chi connectivity index (χ3n) is 3.69. The van der Waals surface area contributed by atoms with Gasteiger partial charge in [0.05, 0.1) is 10.7 Å². The molecule has 6 heteroatoms. The number of benzene rings is 1. The first kappa shape index (κ1) is 18.5. The Labute approximate surface area is 146 Å². The van der Waals surface area contributed by atoms with Gasteiger partial charge < -0.3 is 5.32 Å². The average Bonchev–Trinajstić information content (AvgIpc) is 2.98. The molecule has 0 spiro atoms. The number of hydrogen-bond acceptors (Lipinski definition) is 4. The molecule has 0 aliphatic carbocycles. The zero-order valence-corrected chi connectivity index (χ0v) is 15.4. The highest BCUT2D eigenvalue weighted by atomic mass is 32.1. The SMILES string of the molecule is CC(C)c1nc(CCNC(=O)C(c2ccc(F)cc2)N(C)C)cs1. The van der Waals surface area contributed by atoms with Crippen molar-refractivity contribution in [3.63, 3.8) is 0 Å². The van der Waals surface area contributed by atoms with E-state index in [4.69, 9.17) is 0 Å². The van der Waals surface area contributed by atoms with Crippen molar-refractivity contribution in [1.82, 2.24) is 15.2 Å². The molecule has 0 aliphatic rings. The van der Waals surface area contributed by atoms with Gasteiger partial charge in [0, 0.05) is 24.3 Å². The van der Waals surface area contributed by atoms with Gasteiger partial charge in [0.15, 0.2) is 0 Å². The number of carbonyl (C=O) groups excluding carboxylic acids is 1. The molecule has 1 atom stereocenters. The molecule has 24 heavy (non-hydrogen) atoms. The van der Waals surface area contributed by atoms with Gasteiger partial charge in [-0.3, -0.25) is 9.69 Å². The number of thiazole rings is 1. The summed E-state index contributed by atoms with van der Waals surface area (Å²) < 4.78 is 13.1. The molecule has 2 rings (SSSR count). The first-order chi connectivity index (χ1) is 11.4. The van der Waals surface area contributed by atoms with Crippen molar-refractivity contribution in [2.75, 3.05) is 20.6 Å². The number of amides is 1. The zero-order chi connectivity index (χ0) is 17.7. The molecule has 1 aromatic heterocycles. The van der Waals surface area contributed by atoms with Crippen LogP contribution in [0.3, 0.4) is 0 Å². The van der Waals surface area contributed by atoms with Crippen molar-refractivity contribution in [2.45, 2.75) is 32.2 Å². The van der Waals surface area contributed by atoms with E-state index in [-0.39, 0.29) is 11.7 Å². The summed E-state index contributed by atoms with van der Waals surface area (Å²) in [6.45, 7) is 4.77. The van der Waals surface area contributed by atoms with E-state index in [0.29, 0.717) is 18.9 Å². The van der Waals surface area contributed by atoms with E-state index in [2.05, 4.69) is 24.1 Å². The van der Waals surface area contributed by atoms with Crippen LogP contribution in [-0.2, 0) is 11.2 Å². The molecule has 1 unspecified atom stereocenters. The van der Waals surface area contributed by atoms with E-state index >= 15 is 0 Å². The first-order valence-corrected chi connectivity index (χ1v) is 8.90. The van der Waals surface area contributed by atoms with E-state index in [1.54, 1.807) is 23.5 Å². The Morgan fingerprint density at radius 2 is 1.96 bits per heavy atom. The molecule has 2 aromatic rings. The van der Waals surface area contributed by atoms with Gasteiger partial charge in [-0.2, -0.15) is 0 Å². The third-order valence-corrected chi connectivity index (χ3v) is 4.89. The lowest BCUT2D eigenvalue weighted by Gasteiger charge is -2.23. The fraction of sp³-hybridized carbons (Fsp3) is 0.444. The highest BCUT2D eigenvalue weighted by molar-refractivity contribution is 7.09. The van der Waals surface area contributed by atoms with Crippen LogP contribution in [0, 0.1) is 5.82 Å². The van der Waals surface area contributed by atoms with Crippen molar-refractivity contribution < 1.29 is 9.18 Å². The van der Waals surface area contributed by atoms with Crippen LogP contribution in [0.25, 0.3) is 0 Å². The fourth-order valence-electron chi connectivity index (χ4n) is 2.44. The summed E-state index contributed by atoms with van der Waals surface area (Å²) in [4.78, 5) is 18.9. The minimum Gasteiger partial charge on any atom is -0.354 e. The quantitative estimate of drug-likeness (QED) is 0.834. The summed E-state index contributed by atoms with van der Waals surface area (Å²) in [6.07, 6.45) is 0.707. The first-order valence-electron chi connectivity index (χ1n) is 8.02. The molecule has 1 amide bonds. The van der Waals surface area contributed by atoms with E-state index < -0.39 is 6.04 Å². The van der Waals surface area contributed by atoms with Gasteiger partial charge in [-0.15, -0.1) is 11.3 Å². The molecular weight excluding hydrogens is 325 g/mol. The van der Waals surface area contributed by atoms with Gasteiger partial charge in [-0.25, -0.2) is 9.37 Å². The smallest absolute Gasteiger partial charge is 0.241 e. The van der Waals surface area contributed by atoms with Gasteiger partial charge in [0.1, 0.15) is 11.9 Å². The predicted molar refractivity (Wildman–Crippen MR) is 95.7 cm³/mol. The van der Waals surface area contributed by atoms with Gasteiger partial charge in [0.25, 0.3) is 0 Å². The molecule has 1 N–H and O–H groups in total. The monoisotopic (exact) mass is 349 g/mol. The average molecular weight is 349 g/mol. The molecule has 1 aromatic carbocycles.